The van der Waals surface area contributed by atoms with Crippen LogP contribution in [0.2, 0.25) is 0 Å². The summed E-state index contributed by atoms with van der Waals surface area (Å²) in [4.78, 5) is 3.90. The Labute approximate surface area is 88.2 Å². The molecule has 2 nitrogen and oxygen atoms in total. The summed E-state index contributed by atoms with van der Waals surface area (Å²) in [6.07, 6.45) is 2.43. The molecule has 4 rings (SSSR count). The molecule has 3 fully saturated rings. The van der Waals surface area contributed by atoms with E-state index >= 15 is 0 Å². The average Bonchev–Trinajstić information content (AvgIpc) is 2.77. The van der Waals surface area contributed by atoms with Gasteiger partial charge >= 0.3 is 0 Å². The molecule has 76 valence electrons. The Balaban J connectivity index is 1.74. The number of thiophene rings is 1. The van der Waals surface area contributed by atoms with Crippen LogP contribution in [0.1, 0.15) is 17.7 Å². The Morgan fingerprint density at radius 1 is 1.57 bits per heavy atom. The van der Waals surface area contributed by atoms with Gasteiger partial charge in [0.1, 0.15) is 0 Å². The van der Waals surface area contributed by atoms with Gasteiger partial charge in [0.05, 0.1) is 6.61 Å². The highest BCUT2D eigenvalue weighted by molar-refractivity contribution is 7.09. The second-order valence-electron chi connectivity index (χ2n) is 4.62. The van der Waals surface area contributed by atoms with Gasteiger partial charge in [-0.15, -0.1) is 11.3 Å². The van der Waals surface area contributed by atoms with E-state index in [4.69, 9.17) is 0 Å². The maximum Gasteiger partial charge on any atom is 0.0615 e. The van der Waals surface area contributed by atoms with E-state index in [9.17, 15) is 5.11 Å². The maximum atomic E-state index is 9.42. The fourth-order valence-electron chi connectivity index (χ4n) is 2.96. The largest absolute Gasteiger partial charge is 0.394 e. The number of rotatable bonds is 3. The molecule has 3 aliphatic rings. The summed E-state index contributed by atoms with van der Waals surface area (Å²) >= 11 is 1.82. The van der Waals surface area contributed by atoms with Crippen LogP contribution >= 0.6 is 11.3 Å². The summed E-state index contributed by atoms with van der Waals surface area (Å²) in [5.74, 6) is 0.863. The Morgan fingerprint density at radius 2 is 2.43 bits per heavy atom. The highest BCUT2D eigenvalue weighted by atomic mass is 32.1. The van der Waals surface area contributed by atoms with Crippen molar-refractivity contribution in [2.24, 2.45) is 5.92 Å². The van der Waals surface area contributed by atoms with Crippen LogP contribution in [0.25, 0.3) is 0 Å². The summed E-state index contributed by atoms with van der Waals surface area (Å²) in [5.41, 5.74) is 0.161. The SMILES string of the molecule is OCC12CC(CN1Cc1cccs1)C2. The smallest absolute Gasteiger partial charge is 0.0615 e. The van der Waals surface area contributed by atoms with E-state index in [1.165, 1.54) is 24.3 Å². The molecule has 3 heteroatoms. The van der Waals surface area contributed by atoms with Crippen LogP contribution in [0.15, 0.2) is 17.5 Å². The zero-order chi connectivity index (χ0) is 9.60. The van der Waals surface area contributed by atoms with Crippen LogP contribution in [-0.2, 0) is 6.54 Å². The Bertz CT molecular complexity index is 316. The van der Waals surface area contributed by atoms with Crippen molar-refractivity contribution < 1.29 is 5.11 Å². The number of hydrogen-bond donors (Lipinski definition) is 1. The predicted molar refractivity (Wildman–Crippen MR) is 57.3 cm³/mol. The Hall–Kier alpha value is -0.380. The second-order valence-corrected chi connectivity index (χ2v) is 5.65. The minimum atomic E-state index is 0.161. The van der Waals surface area contributed by atoms with Crippen molar-refractivity contribution in [3.05, 3.63) is 22.4 Å². The fourth-order valence-corrected chi connectivity index (χ4v) is 3.68. The van der Waals surface area contributed by atoms with E-state index in [1.54, 1.807) is 0 Å². The highest BCUT2D eigenvalue weighted by Crippen LogP contribution is 2.50. The van der Waals surface area contributed by atoms with E-state index in [-0.39, 0.29) is 5.54 Å². The number of aliphatic hydroxyl groups is 1. The number of aliphatic hydroxyl groups excluding tert-OH is 1. The molecule has 0 radical (unpaired) electrons. The lowest BCUT2D eigenvalue weighted by atomic mass is 9.74. The monoisotopic (exact) mass is 209 g/mol. The molecule has 1 saturated carbocycles. The molecule has 2 bridgehead atoms. The molecular formula is C11H15NOS. The molecule has 1 aliphatic carbocycles. The van der Waals surface area contributed by atoms with Crippen LogP contribution in [0.5, 0.6) is 0 Å². The third kappa shape index (κ3) is 1.16. The van der Waals surface area contributed by atoms with Crippen molar-refractivity contribution in [2.75, 3.05) is 13.2 Å². The van der Waals surface area contributed by atoms with Gasteiger partial charge in [0.2, 0.25) is 0 Å². The Kier molecular flexibility index (Phi) is 1.94. The van der Waals surface area contributed by atoms with Crippen molar-refractivity contribution in [1.82, 2.24) is 4.90 Å². The van der Waals surface area contributed by atoms with E-state index < -0.39 is 0 Å². The van der Waals surface area contributed by atoms with Crippen LogP contribution in [-0.4, -0.2) is 28.7 Å². The minimum Gasteiger partial charge on any atom is -0.394 e. The molecule has 0 amide bonds. The van der Waals surface area contributed by atoms with Gasteiger partial charge in [0, 0.05) is 23.5 Å². The van der Waals surface area contributed by atoms with Gasteiger partial charge in [-0.3, -0.25) is 4.90 Å². The van der Waals surface area contributed by atoms with Crippen molar-refractivity contribution in [3.8, 4) is 0 Å². The normalized spacial score (nSPS) is 35.9. The number of hydrogen-bond acceptors (Lipinski definition) is 3. The molecule has 3 heterocycles. The summed E-state index contributed by atoms with van der Waals surface area (Å²) in [7, 11) is 0. The van der Waals surface area contributed by atoms with E-state index in [0.717, 1.165) is 12.5 Å². The van der Waals surface area contributed by atoms with Crippen LogP contribution in [0.4, 0.5) is 0 Å². The minimum absolute atomic E-state index is 0.161. The average molecular weight is 209 g/mol. The Morgan fingerprint density at radius 3 is 3.07 bits per heavy atom. The zero-order valence-electron chi connectivity index (χ0n) is 8.15. The van der Waals surface area contributed by atoms with Gasteiger partial charge in [-0.2, -0.15) is 0 Å². The predicted octanol–water partition coefficient (Wildman–Crippen LogP) is 1.70. The van der Waals surface area contributed by atoms with Gasteiger partial charge < -0.3 is 5.11 Å². The third-order valence-corrected chi connectivity index (χ3v) is 4.57. The standard InChI is InChI=1S/C11H15NOS/c13-8-11-4-9(5-11)6-12(11)7-10-2-1-3-14-10/h1-3,9,13H,4-8H2. The van der Waals surface area contributed by atoms with Crippen molar-refractivity contribution >= 4 is 11.3 Å². The molecule has 0 unspecified atom stereocenters. The van der Waals surface area contributed by atoms with Crippen LogP contribution in [0, 0.1) is 5.92 Å². The van der Waals surface area contributed by atoms with Gasteiger partial charge in [-0.05, 0) is 30.2 Å². The number of nitrogens with zero attached hydrogens (tertiary/aromatic N) is 1. The van der Waals surface area contributed by atoms with Gasteiger partial charge in [0.15, 0.2) is 0 Å². The maximum absolute atomic E-state index is 9.42. The summed E-state index contributed by atoms with van der Waals surface area (Å²) in [6, 6.07) is 4.29. The lowest BCUT2D eigenvalue weighted by Gasteiger charge is -2.40. The van der Waals surface area contributed by atoms with Crippen molar-refractivity contribution in [3.63, 3.8) is 0 Å². The molecule has 2 aliphatic heterocycles. The second kappa shape index (κ2) is 3.05. The fraction of sp³-hybridized carbons (Fsp3) is 0.636. The van der Waals surface area contributed by atoms with Gasteiger partial charge in [0.25, 0.3) is 0 Å². The highest BCUT2D eigenvalue weighted by Gasteiger charge is 2.55. The van der Waals surface area contributed by atoms with Gasteiger partial charge in [-0.25, -0.2) is 0 Å². The van der Waals surface area contributed by atoms with Crippen LogP contribution in [0.3, 0.4) is 0 Å². The first-order valence-corrected chi connectivity index (χ1v) is 6.09. The quantitative estimate of drug-likeness (QED) is 0.819. The topological polar surface area (TPSA) is 23.5 Å². The first kappa shape index (κ1) is 8.89. The van der Waals surface area contributed by atoms with E-state index in [1.807, 2.05) is 11.3 Å². The van der Waals surface area contributed by atoms with Crippen LogP contribution < -0.4 is 0 Å². The first-order chi connectivity index (χ1) is 6.82. The molecule has 14 heavy (non-hydrogen) atoms. The summed E-state index contributed by atoms with van der Waals surface area (Å²) in [5, 5.41) is 11.6. The molecule has 1 aromatic rings. The molecule has 0 atom stereocenters. The summed E-state index contributed by atoms with van der Waals surface area (Å²) in [6.45, 7) is 2.57. The third-order valence-electron chi connectivity index (χ3n) is 3.71. The lowest BCUT2D eigenvalue weighted by molar-refractivity contribution is 0.0340. The lowest BCUT2D eigenvalue weighted by Crippen LogP contribution is -2.48. The zero-order valence-corrected chi connectivity index (χ0v) is 8.96. The first-order valence-electron chi connectivity index (χ1n) is 5.21. The molecule has 0 spiro atoms. The van der Waals surface area contributed by atoms with Gasteiger partial charge in [-0.1, -0.05) is 6.07 Å². The molecule has 1 aromatic heterocycles. The van der Waals surface area contributed by atoms with E-state index in [0.29, 0.717) is 6.61 Å². The van der Waals surface area contributed by atoms with Crippen molar-refractivity contribution in [2.45, 2.75) is 24.9 Å². The van der Waals surface area contributed by atoms with E-state index in [2.05, 4.69) is 22.4 Å². The molecule has 1 N–H and O–H groups in total. The number of fused-ring (bicyclic) bond motifs is 1. The molecule has 2 saturated heterocycles. The summed E-state index contributed by atoms with van der Waals surface area (Å²) < 4.78 is 0. The molecular weight excluding hydrogens is 194 g/mol. The molecule has 0 aromatic carbocycles. The van der Waals surface area contributed by atoms with Crippen molar-refractivity contribution in [1.29, 1.82) is 0 Å².